The van der Waals surface area contributed by atoms with Crippen LogP contribution in [-0.2, 0) is 32.5 Å². The number of para-hydroxylation sites is 1. The van der Waals surface area contributed by atoms with E-state index >= 15 is 0 Å². The highest BCUT2D eigenvalue weighted by atomic mass is 32.2. The maximum Gasteiger partial charge on any atom is 0.244 e. The molecule has 0 spiro atoms. The van der Waals surface area contributed by atoms with Gasteiger partial charge in [-0.05, 0) is 48.7 Å². The van der Waals surface area contributed by atoms with E-state index < -0.39 is 16.1 Å². The number of nitrogens with zero attached hydrogens (tertiary/aromatic N) is 1. The number of carbonyl (C=O) groups excluding carboxylic acids is 2. The summed E-state index contributed by atoms with van der Waals surface area (Å²) in [6.45, 7) is 2.08. The van der Waals surface area contributed by atoms with Crippen LogP contribution in [0.5, 0.6) is 0 Å². The summed E-state index contributed by atoms with van der Waals surface area (Å²) in [6.07, 6.45) is 0.908. The molecule has 2 aromatic rings. The first-order valence-electron chi connectivity index (χ1n) is 8.69. The average Bonchev–Trinajstić information content (AvgIpc) is 3.22. The van der Waals surface area contributed by atoms with Gasteiger partial charge < -0.3 is 10.2 Å². The van der Waals surface area contributed by atoms with Crippen molar-refractivity contribution < 1.29 is 18.0 Å². The molecule has 2 amide bonds. The van der Waals surface area contributed by atoms with Gasteiger partial charge in [0.2, 0.25) is 21.8 Å². The molecule has 0 aromatic heterocycles. The Hall–Kier alpha value is -2.71. The number of nitrogens with one attached hydrogen (secondary N) is 2. The zero-order valence-corrected chi connectivity index (χ0v) is 15.5. The summed E-state index contributed by atoms with van der Waals surface area (Å²) in [6, 6.07) is 11.2. The first-order chi connectivity index (χ1) is 12.8. The molecule has 2 N–H and O–H groups in total. The smallest absolute Gasteiger partial charge is 0.244 e. The molecule has 1 atom stereocenters. The van der Waals surface area contributed by atoms with Crippen LogP contribution in [0.4, 0.5) is 11.4 Å². The van der Waals surface area contributed by atoms with Crippen molar-refractivity contribution in [3.8, 4) is 0 Å². The number of anilines is 2. The average molecular weight is 385 g/mol. The van der Waals surface area contributed by atoms with Gasteiger partial charge in [0, 0.05) is 17.9 Å². The van der Waals surface area contributed by atoms with Gasteiger partial charge in [-0.25, -0.2) is 8.42 Å². The largest absolute Gasteiger partial charge is 0.326 e. The van der Waals surface area contributed by atoms with E-state index in [1.165, 1.54) is 12.1 Å². The van der Waals surface area contributed by atoms with Gasteiger partial charge in [0.25, 0.3) is 0 Å². The third-order valence-electron chi connectivity index (χ3n) is 4.87. The quantitative estimate of drug-likeness (QED) is 0.832. The van der Waals surface area contributed by atoms with E-state index in [4.69, 9.17) is 0 Å². The van der Waals surface area contributed by atoms with Gasteiger partial charge in [-0.1, -0.05) is 18.2 Å². The molecule has 2 heterocycles. The molecule has 0 saturated heterocycles. The summed E-state index contributed by atoms with van der Waals surface area (Å²) in [7, 11) is -3.89. The van der Waals surface area contributed by atoms with Crippen molar-refractivity contribution in [1.29, 1.82) is 0 Å². The van der Waals surface area contributed by atoms with Crippen LogP contribution in [-0.4, -0.2) is 32.8 Å². The van der Waals surface area contributed by atoms with E-state index in [1.807, 2.05) is 24.3 Å². The third-order valence-corrected chi connectivity index (χ3v) is 6.41. The number of benzene rings is 2. The van der Waals surface area contributed by atoms with Crippen molar-refractivity contribution in [2.45, 2.75) is 30.7 Å². The fraction of sp³-hybridized carbons (Fsp3) is 0.263. The van der Waals surface area contributed by atoms with Crippen LogP contribution in [0, 0.1) is 0 Å². The second-order valence-electron chi connectivity index (χ2n) is 6.76. The highest BCUT2D eigenvalue weighted by molar-refractivity contribution is 7.89. The van der Waals surface area contributed by atoms with Gasteiger partial charge in [-0.3, -0.25) is 9.59 Å². The van der Waals surface area contributed by atoms with Crippen molar-refractivity contribution >= 4 is 33.2 Å². The first kappa shape index (κ1) is 17.7. The number of sulfonamides is 1. The van der Waals surface area contributed by atoms with Crippen LogP contribution in [0.3, 0.4) is 0 Å². The SMILES string of the molecule is C[C@@H](NS(=O)(=O)c1ccc2c(c1)CC(=O)N2)C(=O)N1CCc2ccccc21. The number of hydrogen-bond acceptors (Lipinski definition) is 4. The molecule has 0 saturated carbocycles. The van der Waals surface area contributed by atoms with Crippen molar-refractivity contribution in [3.05, 3.63) is 53.6 Å². The van der Waals surface area contributed by atoms with Crippen molar-refractivity contribution in [1.82, 2.24) is 4.72 Å². The van der Waals surface area contributed by atoms with Crippen LogP contribution in [0.25, 0.3) is 0 Å². The van der Waals surface area contributed by atoms with E-state index in [2.05, 4.69) is 10.0 Å². The minimum Gasteiger partial charge on any atom is -0.326 e. The number of hydrogen-bond donors (Lipinski definition) is 2. The fourth-order valence-electron chi connectivity index (χ4n) is 3.52. The second-order valence-corrected chi connectivity index (χ2v) is 8.47. The molecule has 0 aliphatic carbocycles. The van der Waals surface area contributed by atoms with E-state index in [-0.39, 0.29) is 23.1 Å². The summed E-state index contributed by atoms with van der Waals surface area (Å²) in [5, 5.41) is 2.67. The fourth-order valence-corrected chi connectivity index (χ4v) is 4.77. The summed E-state index contributed by atoms with van der Waals surface area (Å²) >= 11 is 0. The lowest BCUT2D eigenvalue weighted by molar-refractivity contribution is -0.119. The lowest BCUT2D eigenvalue weighted by Gasteiger charge is -2.22. The Morgan fingerprint density at radius 2 is 1.96 bits per heavy atom. The molecule has 7 nitrogen and oxygen atoms in total. The monoisotopic (exact) mass is 385 g/mol. The van der Waals surface area contributed by atoms with Crippen LogP contribution >= 0.6 is 0 Å². The normalized spacial score (nSPS) is 16.6. The zero-order chi connectivity index (χ0) is 19.2. The summed E-state index contributed by atoms with van der Waals surface area (Å²) in [5.41, 5.74) is 3.17. The molecule has 0 unspecified atom stereocenters. The third kappa shape index (κ3) is 3.22. The Morgan fingerprint density at radius 3 is 2.78 bits per heavy atom. The maximum absolute atomic E-state index is 12.8. The standard InChI is InChI=1S/C19H19N3O4S/c1-12(19(24)22-9-8-13-4-2-3-5-17(13)22)21-27(25,26)15-6-7-16-14(10-15)11-18(23)20-16/h2-7,10,12,21H,8-9,11H2,1H3,(H,20,23)/t12-/m1/s1. The van der Waals surface area contributed by atoms with E-state index in [9.17, 15) is 18.0 Å². The predicted molar refractivity (Wildman–Crippen MR) is 101 cm³/mol. The molecule has 0 fully saturated rings. The van der Waals surface area contributed by atoms with Crippen LogP contribution in [0.2, 0.25) is 0 Å². The number of fused-ring (bicyclic) bond motifs is 2. The van der Waals surface area contributed by atoms with Gasteiger partial charge in [0.05, 0.1) is 17.4 Å². The Balaban J connectivity index is 1.52. The Labute approximate surface area is 157 Å². The van der Waals surface area contributed by atoms with Gasteiger partial charge in [0.15, 0.2) is 0 Å². The maximum atomic E-state index is 12.8. The van der Waals surface area contributed by atoms with Gasteiger partial charge in [0.1, 0.15) is 0 Å². The van der Waals surface area contributed by atoms with Crippen LogP contribution in [0.15, 0.2) is 47.4 Å². The van der Waals surface area contributed by atoms with E-state index in [1.54, 1.807) is 17.9 Å². The number of rotatable bonds is 4. The molecular weight excluding hydrogens is 366 g/mol. The molecule has 2 aromatic carbocycles. The van der Waals surface area contributed by atoms with Crippen LogP contribution < -0.4 is 14.9 Å². The van der Waals surface area contributed by atoms with Gasteiger partial charge in [-0.2, -0.15) is 4.72 Å². The topological polar surface area (TPSA) is 95.6 Å². The lowest BCUT2D eigenvalue weighted by Crippen LogP contribution is -2.46. The second kappa shape index (κ2) is 6.47. The summed E-state index contributed by atoms with van der Waals surface area (Å²) in [4.78, 5) is 25.9. The summed E-state index contributed by atoms with van der Waals surface area (Å²) < 4.78 is 27.9. The molecule has 27 heavy (non-hydrogen) atoms. The molecular formula is C19H19N3O4S. The number of carbonyl (C=O) groups is 2. The van der Waals surface area contributed by atoms with Crippen molar-refractivity contribution in [3.63, 3.8) is 0 Å². The minimum absolute atomic E-state index is 0.0409. The lowest BCUT2D eigenvalue weighted by atomic mass is 10.2. The highest BCUT2D eigenvalue weighted by Gasteiger charge is 2.31. The zero-order valence-electron chi connectivity index (χ0n) is 14.7. The predicted octanol–water partition coefficient (Wildman–Crippen LogP) is 1.44. The van der Waals surface area contributed by atoms with Gasteiger partial charge in [-0.15, -0.1) is 0 Å². The molecule has 2 aliphatic rings. The summed E-state index contributed by atoms with van der Waals surface area (Å²) in [5.74, 6) is -0.453. The first-order valence-corrected chi connectivity index (χ1v) is 10.2. The van der Waals surface area contributed by atoms with Gasteiger partial charge >= 0.3 is 0 Å². The number of amides is 2. The van der Waals surface area contributed by atoms with Crippen LogP contribution in [0.1, 0.15) is 18.1 Å². The Kier molecular flexibility index (Phi) is 4.24. The minimum atomic E-state index is -3.89. The van der Waals surface area contributed by atoms with Crippen molar-refractivity contribution in [2.24, 2.45) is 0 Å². The highest BCUT2D eigenvalue weighted by Crippen LogP contribution is 2.29. The van der Waals surface area contributed by atoms with Crippen molar-refractivity contribution in [2.75, 3.05) is 16.8 Å². The molecule has 0 bridgehead atoms. The van der Waals surface area contributed by atoms with E-state index in [0.29, 0.717) is 17.8 Å². The Bertz CT molecular complexity index is 1050. The molecule has 4 rings (SSSR count). The molecule has 2 aliphatic heterocycles. The van der Waals surface area contributed by atoms with E-state index in [0.717, 1.165) is 17.7 Å². The molecule has 8 heteroatoms. The molecule has 140 valence electrons. The Morgan fingerprint density at radius 1 is 1.19 bits per heavy atom. The molecule has 0 radical (unpaired) electrons.